The van der Waals surface area contributed by atoms with Crippen molar-refractivity contribution in [2.45, 2.75) is 44.6 Å². The zero-order valence-electron chi connectivity index (χ0n) is 12.1. The van der Waals surface area contributed by atoms with E-state index in [0.29, 0.717) is 25.3 Å². The van der Waals surface area contributed by atoms with E-state index < -0.39 is 12.0 Å². The number of benzene rings is 1. The molecule has 4 heteroatoms. The molecule has 0 saturated carbocycles. The van der Waals surface area contributed by atoms with Crippen molar-refractivity contribution in [2.75, 3.05) is 6.54 Å². The van der Waals surface area contributed by atoms with E-state index in [1.54, 1.807) is 4.90 Å². The highest BCUT2D eigenvalue weighted by atomic mass is 16.4. The lowest BCUT2D eigenvalue weighted by Gasteiger charge is -2.27. The van der Waals surface area contributed by atoms with Crippen LogP contribution in [0.1, 0.15) is 36.8 Å². The van der Waals surface area contributed by atoms with E-state index in [9.17, 15) is 14.7 Å². The minimum absolute atomic E-state index is 0.0179. The number of nitrogens with zero attached hydrogens (tertiary/aromatic N) is 1. The number of hydrogen-bond donors (Lipinski definition) is 1. The molecule has 3 rings (SSSR count). The largest absolute Gasteiger partial charge is 0.480 e. The Bertz CT molecular complexity index is 555. The zero-order valence-corrected chi connectivity index (χ0v) is 12.1. The van der Waals surface area contributed by atoms with Crippen LogP contribution in [-0.2, 0) is 22.4 Å². The second kappa shape index (κ2) is 5.88. The van der Waals surface area contributed by atoms with Crippen LogP contribution < -0.4 is 0 Å². The Morgan fingerprint density at radius 3 is 2.71 bits per heavy atom. The van der Waals surface area contributed by atoms with Crippen molar-refractivity contribution in [1.82, 2.24) is 4.90 Å². The Balaban J connectivity index is 1.62. The third-order valence-corrected chi connectivity index (χ3v) is 4.77. The number of amides is 1. The summed E-state index contributed by atoms with van der Waals surface area (Å²) >= 11 is 0. The van der Waals surface area contributed by atoms with Gasteiger partial charge in [-0.25, -0.2) is 4.79 Å². The minimum Gasteiger partial charge on any atom is -0.480 e. The summed E-state index contributed by atoms with van der Waals surface area (Å²) < 4.78 is 0. The fourth-order valence-electron chi connectivity index (χ4n) is 3.63. The molecule has 1 heterocycles. The van der Waals surface area contributed by atoms with Crippen molar-refractivity contribution < 1.29 is 14.7 Å². The molecule has 0 bridgehead atoms. The number of fused-ring (bicyclic) bond motifs is 1. The van der Waals surface area contributed by atoms with Gasteiger partial charge in [0.15, 0.2) is 0 Å². The minimum atomic E-state index is -0.866. The lowest BCUT2D eigenvalue weighted by Crippen LogP contribution is -2.41. The molecule has 1 aromatic carbocycles. The number of carboxylic acid groups (broad SMARTS) is 1. The summed E-state index contributed by atoms with van der Waals surface area (Å²) in [4.78, 5) is 25.2. The summed E-state index contributed by atoms with van der Waals surface area (Å²) in [5.41, 5.74) is 2.74. The second-order valence-electron chi connectivity index (χ2n) is 6.17. The number of likely N-dealkylation sites (tertiary alicyclic amines) is 1. The van der Waals surface area contributed by atoms with E-state index >= 15 is 0 Å². The molecule has 1 aliphatic heterocycles. The van der Waals surface area contributed by atoms with E-state index in [-0.39, 0.29) is 5.91 Å². The predicted octanol–water partition coefficient (Wildman–Crippen LogP) is 2.26. The number of carboxylic acids is 1. The predicted molar refractivity (Wildman–Crippen MR) is 78.9 cm³/mol. The van der Waals surface area contributed by atoms with Crippen molar-refractivity contribution in [3.8, 4) is 0 Å². The van der Waals surface area contributed by atoms with E-state index in [0.717, 1.165) is 25.7 Å². The molecular formula is C17H21NO3. The van der Waals surface area contributed by atoms with Gasteiger partial charge in [-0.05, 0) is 49.1 Å². The average molecular weight is 287 g/mol. The van der Waals surface area contributed by atoms with Gasteiger partial charge >= 0.3 is 5.97 Å². The average Bonchev–Trinajstić information content (AvgIpc) is 2.97. The molecule has 1 saturated heterocycles. The van der Waals surface area contributed by atoms with Crippen LogP contribution in [-0.4, -0.2) is 34.5 Å². The van der Waals surface area contributed by atoms with Crippen LogP contribution in [0.25, 0.3) is 0 Å². The molecular weight excluding hydrogens is 266 g/mol. The monoisotopic (exact) mass is 287 g/mol. The molecule has 0 aromatic heterocycles. The van der Waals surface area contributed by atoms with Crippen LogP contribution in [0.15, 0.2) is 24.3 Å². The lowest BCUT2D eigenvalue weighted by atomic mass is 9.82. The molecule has 1 aliphatic carbocycles. The fraction of sp³-hybridized carbons (Fsp3) is 0.529. The first-order chi connectivity index (χ1) is 10.1. The number of carbonyl (C=O) groups is 2. The topological polar surface area (TPSA) is 57.6 Å². The van der Waals surface area contributed by atoms with Crippen LogP contribution >= 0.6 is 0 Å². The normalized spacial score (nSPS) is 24.7. The van der Waals surface area contributed by atoms with Gasteiger partial charge < -0.3 is 10.0 Å². The summed E-state index contributed by atoms with van der Waals surface area (Å²) in [5.74, 6) is -0.499. The molecule has 2 aliphatic rings. The molecule has 1 fully saturated rings. The van der Waals surface area contributed by atoms with Gasteiger partial charge in [-0.3, -0.25) is 4.79 Å². The molecule has 112 valence electrons. The van der Waals surface area contributed by atoms with Gasteiger partial charge in [-0.2, -0.15) is 0 Å². The molecule has 2 atom stereocenters. The molecule has 21 heavy (non-hydrogen) atoms. The number of aryl methyl sites for hydroxylation is 1. The SMILES string of the molecule is O=C(O)[C@H]1CCCN1C(=O)C[C@@H]1CCc2ccccc2C1. The highest BCUT2D eigenvalue weighted by molar-refractivity contribution is 5.84. The van der Waals surface area contributed by atoms with Crippen molar-refractivity contribution in [1.29, 1.82) is 0 Å². The first-order valence-corrected chi connectivity index (χ1v) is 7.74. The van der Waals surface area contributed by atoms with Gasteiger partial charge in [0, 0.05) is 13.0 Å². The number of aliphatic carboxylic acids is 1. The number of carbonyl (C=O) groups excluding carboxylic acids is 1. The number of hydrogen-bond acceptors (Lipinski definition) is 2. The summed E-state index contributed by atoms with van der Waals surface area (Å²) in [6, 6.07) is 7.81. The summed E-state index contributed by atoms with van der Waals surface area (Å²) in [7, 11) is 0. The molecule has 0 unspecified atom stereocenters. The smallest absolute Gasteiger partial charge is 0.326 e. The van der Waals surface area contributed by atoms with Crippen molar-refractivity contribution in [2.24, 2.45) is 5.92 Å². The summed E-state index contributed by atoms with van der Waals surface area (Å²) in [6.07, 6.45) is 4.86. The van der Waals surface area contributed by atoms with Gasteiger partial charge in [0.1, 0.15) is 6.04 Å². The third-order valence-electron chi connectivity index (χ3n) is 4.77. The Labute approximate surface area is 124 Å². The van der Waals surface area contributed by atoms with Crippen molar-refractivity contribution >= 4 is 11.9 Å². The summed E-state index contributed by atoms with van der Waals surface area (Å²) in [5, 5.41) is 9.17. The van der Waals surface area contributed by atoms with Gasteiger partial charge in [0.2, 0.25) is 5.91 Å². The van der Waals surface area contributed by atoms with Gasteiger partial charge in [0.25, 0.3) is 0 Å². The fourth-order valence-corrected chi connectivity index (χ4v) is 3.63. The lowest BCUT2D eigenvalue weighted by molar-refractivity contribution is -0.148. The van der Waals surface area contributed by atoms with Crippen molar-refractivity contribution in [3.05, 3.63) is 35.4 Å². The second-order valence-corrected chi connectivity index (χ2v) is 6.17. The van der Waals surface area contributed by atoms with Crippen LogP contribution in [0.3, 0.4) is 0 Å². The maximum atomic E-state index is 12.4. The Morgan fingerprint density at radius 2 is 1.95 bits per heavy atom. The van der Waals surface area contributed by atoms with E-state index in [4.69, 9.17) is 0 Å². The first-order valence-electron chi connectivity index (χ1n) is 7.74. The highest BCUT2D eigenvalue weighted by Gasteiger charge is 2.34. The third kappa shape index (κ3) is 2.94. The van der Waals surface area contributed by atoms with Crippen LogP contribution in [0.2, 0.25) is 0 Å². The molecule has 1 N–H and O–H groups in total. The maximum Gasteiger partial charge on any atom is 0.326 e. The number of rotatable bonds is 3. The zero-order chi connectivity index (χ0) is 14.8. The van der Waals surface area contributed by atoms with E-state index in [1.807, 2.05) is 6.07 Å². The van der Waals surface area contributed by atoms with Crippen molar-refractivity contribution in [3.63, 3.8) is 0 Å². The van der Waals surface area contributed by atoms with Crippen LogP contribution in [0.4, 0.5) is 0 Å². The first kappa shape index (κ1) is 14.1. The molecule has 1 aromatic rings. The Kier molecular flexibility index (Phi) is 3.95. The van der Waals surface area contributed by atoms with Gasteiger partial charge in [-0.1, -0.05) is 24.3 Å². The Hall–Kier alpha value is -1.84. The van der Waals surface area contributed by atoms with Crippen LogP contribution in [0, 0.1) is 5.92 Å². The Morgan fingerprint density at radius 1 is 1.19 bits per heavy atom. The van der Waals surface area contributed by atoms with Crippen LogP contribution in [0.5, 0.6) is 0 Å². The standard InChI is InChI=1S/C17H21NO3/c19-16(18-9-3-6-15(18)17(20)21)11-12-7-8-13-4-1-2-5-14(13)10-12/h1-2,4-5,12,15H,3,6-11H2,(H,20,21)/t12-,15-/m1/s1. The molecule has 1 amide bonds. The molecule has 0 spiro atoms. The maximum absolute atomic E-state index is 12.4. The summed E-state index contributed by atoms with van der Waals surface area (Å²) in [6.45, 7) is 0.596. The molecule has 0 radical (unpaired) electrons. The van der Waals surface area contributed by atoms with E-state index in [2.05, 4.69) is 18.2 Å². The highest BCUT2D eigenvalue weighted by Crippen LogP contribution is 2.29. The van der Waals surface area contributed by atoms with Gasteiger partial charge in [0.05, 0.1) is 0 Å². The van der Waals surface area contributed by atoms with Gasteiger partial charge in [-0.15, -0.1) is 0 Å². The van der Waals surface area contributed by atoms with E-state index in [1.165, 1.54) is 11.1 Å². The molecule has 4 nitrogen and oxygen atoms in total. The quantitative estimate of drug-likeness (QED) is 0.927.